The van der Waals surface area contributed by atoms with Crippen molar-refractivity contribution in [2.45, 2.75) is 27.8 Å². The van der Waals surface area contributed by atoms with Crippen LogP contribution in [0.3, 0.4) is 0 Å². The Balaban J connectivity index is 2.70. The number of alkyl halides is 7. The molecule has 0 amide bonds. The van der Waals surface area contributed by atoms with Gasteiger partial charge in [-0.25, -0.2) is 13.6 Å². The molecule has 2 rings (SSSR count). The van der Waals surface area contributed by atoms with Crippen molar-refractivity contribution in [2.24, 2.45) is 9.54 Å². The molecule has 7 nitrogen and oxygen atoms in total. The monoisotopic (exact) mass is 463 g/mol. The summed E-state index contributed by atoms with van der Waals surface area (Å²) in [5.41, 5.74) is -1.00. The van der Waals surface area contributed by atoms with Crippen LogP contribution in [0.2, 0.25) is 5.02 Å². The summed E-state index contributed by atoms with van der Waals surface area (Å²) in [5.74, 6) is -15.3. The van der Waals surface area contributed by atoms with Crippen LogP contribution in [-0.2, 0) is 20.0 Å². The van der Waals surface area contributed by atoms with Crippen LogP contribution in [0.4, 0.5) is 36.4 Å². The molecule has 1 aliphatic heterocycles. The van der Waals surface area contributed by atoms with E-state index in [0.29, 0.717) is 6.07 Å². The number of halogens is 8. The second kappa shape index (κ2) is 5.92. The Kier molecular flexibility index (Phi) is 4.75. The molecular weight excluding hydrogens is 459 g/mol. The number of fused-ring (bicyclic) bond motifs is 1. The first-order valence-electron chi connectivity index (χ1n) is 6.13. The van der Waals surface area contributed by atoms with Crippen LogP contribution >= 0.6 is 11.6 Å². The van der Waals surface area contributed by atoms with Gasteiger partial charge in [0.2, 0.25) is 10.0 Å². The van der Waals surface area contributed by atoms with Gasteiger partial charge >= 0.3 is 18.0 Å². The molecule has 1 aromatic rings. The lowest BCUT2D eigenvalue weighted by atomic mass is 10.1. The molecule has 0 radical (unpaired) electrons. The summed E-state index contributed by atoms with van der Waals surface area (Å²) in [6.45, 7) is 0. The maximum atomic E-state index is 13.7. The van der Waals surface area contributed by atoms with Gasteiger partial charge in [0.25, 0.3) is 10.0 Å². The third-order valence-corrected chi connectivity index (χ3v) is 5.82. The smallest absolute Gasteiger partial charge is 0.337 e. The van der Waals surface area contributed by atoms with E-state index in [9.17, 15) is 47.6 Å². The Labute approximate surface area is 151 Å². The summed E-state index contributed by atoms with van der Waals surface area (Å²) in [4.78, 5) is -2.11. The summed E-state index contributed by atoms with van der Waals surface area (Å²) in [5, 5.41) is 5.27. The average molecular weight is 464 g/mol. The second-order valence-corrected chi connectivity index (χ2v) is 8.52. The number of benzene rings is 1. The Hall–Kier alpha value is -1.65. The zero-order chi connectivity index (χ0) is 21.2. The Morgan fingerprint density at radius 3 is 2.04 bits per heavy atom. The van der Waals surface area contributed by atoms with E-state index in [4.69, 9.17) is 16.7 Å². The topological polar surface area (TPSA) is 119 Å². The van der Waals surface area contributed by atoms with Gasteiger partial charge in [0.1, 0.15) is 9.79 Å². The minimum Gasteiger partial charge on any atom is -0.337 e. The number of rotatable bonds is 3. The molecule has 152 valence electrons. The predicted octanol–water partition coefficient (Wildman–Crippen LogP) is 2.33. The van der Waals surface area contributed by atoms with Crippen LogP contribution in [-0.4, -0.2) is 40.7 Å². The number of nitrogens with two attached hydrogens (primary N) is 1. The fourth-order valence-corrected chi connectivity index (χ4v) is 4.17. The molecule has 27 heavy (non-hydrogen) atoms. The quantitative estimate of drug-likeness (QED) is 0.667. The van der Waals surface area contributed by atoms with Crippen molar-refractivity contribution in [1.82, 2.24) is 0 Å². The number of nitrogens with one attached hydrogen (secondary N) is 1. The molecule has 0 unspecified atom stereocenters. The van der Waals surface area contributed by atoms with Crippen molar-refractivity contribution in [3.8, 4) is 0 Å². The van der Waals surface area contributed by atoms with E-state index in [0.717, 1.165) is 0 Å². The van der Waals surface area contributed by atoms with E-state index in [1.807, 2.05) is 0 Å². The summed E-state index contributed by atoms with van der Waals surface area (Å²) in [6.07, 6.45) is -6.74. The van der Waals surface area contributed by atoms with Gasteiger partial charge in [0.15, 0.2) is 5.84 Å². The zero-order valence-corrected chi connectivity index (χ0v) is 14.5. The zero-order valence-electron chi connectivity index (χ0n) is 12.2. The van der Waals surface area contributed by atoms with Crippen molar-refractivity contribution < 1.29 is 47.6 Å². The van der Waals surface area contributed by atoms with E-state index >= 15 is 0 Å². The van der Waals surface area contributed by atoms with E-state index in [1.54, 1.807) is 0 Å². The van der Waals surface area contributed by atoms with E-state index in [1.165, 1.54) is 5.32 Å². The Morgan fingerprint density at radius 2 is 1.59 bits per heavy atom. The first kappa shape index (κ1) is 21.6. The van der Waals surface area contributed by atoms with Crippen LogP contribution in [0.25, 0.3) is 0 Å². The molecule has 0 fully saturated rings. The van der Waals surface area contributed by atoms with Crippen molar-refractivity contribution in [2.75, 3.05) is 5.32 Å². The van der Waals surface area contributed by atoms with Crippen LogP contribution in [0, 0.1) is 0 Å². The van der Waals surface area contributed by atoms with Crippen molar-refractivity contribution in [3.63, 3.8) is 0 Å². The standard InChI is InChI=1S/C10H5ClF7N3O4S2/c11-3-1-4-6(2-5(3)26(19,22)23)27(24,25)21-7(20-4)8(12,13)9(14,15)10(16,17)18/h1-2H,(H,20,21)(H2,19,22,23). The third-order valence-electron chi connectivity index (χ3n) is 3.13. The molecule has 0 bridgehead atoms. The number of amidine groups is 1. The van der Waals surface area contributed by atoms with Gasteiger partial charge in [-0.1, -0.05) is 11.6 Å². The SMILES string of the molecule is NS(=O)(=O)c1cc2c(cc1Cl)NC(C(F)(F)C(F)(F)C(F)(F)F)=NS2(=O)=O. The maximum absolute atomic E-state index is 13.7. The number of anilines is 1. The lowest BCUT2D eigenvalue weighted by molar-refractivity contribution is -0.336. The summed E-state index contributed by atoms with van der Waals surface area (Å²) in [7, 11) is -9.90. The Bertz CT molecular complexity index is 1050. The number of sulfonamides is 2. The second-order valence-electron chi connectivity index (χ2n) is 5.01. The van der Waals surface area contributed by atoms with Crippen LogP contribution in [0.15, 0.2) is 26.3 Å². The van der Waals surface area contributed by atoms with Crippen molar-refractivity contribution >= 4 is 43.2 Å². The van der Waals surface area contributed by atoms with Gasteiger partial charge in [-0.15, -0.1) is 4.40 Å². The van der Waals surface area contributed by atoms with Crippen LogP contribution in [0.5, 0.6) is 0 Å². The lowest BCUT2D eigenvalue weighted by Gasteiger charge is -2.31. The maximum Gasteiger partial charge on any atom is 0.460 e. The number of hydrogen-bond donors (Lipinski definition) is 2. The van der Waals surface area contributed by atoms with Crippen LogP contribution < -0.4 is 10.5 Å². The molecule has 0 saturated heterocycles. The van der Waals surface area contributed by atoms with Crippen molar-refractivity contribution in [1.29, 1.82) is 0 Å². The third kappa shape index (κ3) is 3.45. The molecule has 3 N–H and O–H groups in total. The van der Waals surface area contributed by atoms with E-state index in [-0.39, 0.29) is 6.07 Å². The van der Waals surface area contributed by atoms with Gasteiger partial charge in [-0.3, -0.25) is 0 Å². The van der Waals surface area contributed by atoms with Gasteiger partial charge < -0.3 is 5.32 Å². The molecule has 0 atom stereocenters. The van der Waals surface area contributed by atoms with Gasteiger partial charge in [-0.05, 0) is 12.1 Å². The van der Waals surface area contributed by atoms with Crippen LogP contribution in [0.1, 0.15) is 0 Å². The summed E-state index contributed by atoms with van der Waals surface area (Å²) >= 11 is 5.51. The fraction of sp³-hybridized carbons (Fsp3) is 0.300. The predicted molar refractivity (Wildman–Crippen MR) is 77.0 cm³/mol. The first-order chi connectivity index (χ1) is 11.8. The highest BCUT2D eigenvalue weighted by Gasteiger charge is 2.75. The first-order valence-corrected chi connectivity index (χ1v) is 9.50. The van der Waals surface area contributed by atoms with Crippen molar-refractivity contribution in [3.05, 3.63) is 17.2 Å². The molecule has 0 spiro atoms. The number of nitrogens with zero attached hydrogens (tertiary/aromatic N) is 1. The van der Waals surface area contributed by atoms with Gasteiger partial charge in [-0.2, -0.15) is 39.2 Å². The summed E-state index contributed by atoms with van der Waals surface area (Å²) in [6, 6.07) is 0.681. The minimum absolute atomic E-state index is 0.287. The molecule has 1 aliphatic rings. The molecule has 1 heterocycles. The average Bonchev–Trinajstić information content (AvgIpc) is 2.42. The lowest BCUT2D eigenvalue weighted by Crippen LogP contribution is -2.58. The summed E-state index contributed by atoms with van der Waals surface area (Å²) < 4.78 is 139. The highest BCUT2D eigenvalue weighted by atomic mass is 35.5. The fourth-order valence-electron chi connectivity index (χ4n) is 1.85. The molecular formula is C10H5ClF7N3O4S2. The molecule has 0 aliphatic carbocycles. The number of hydrogen-bond acceptors (Lipinski definition) is 5. The minimum atomic E-state index is -6.74. The highest BCUT2D eigenvalue weighted by molar-refractivity contribution is 7.91. The van der Waals surface area contributed by atoms with E-state index < -0.39 is 64.4 Å². The molecule has 1 aromatic carbocycles. The Morgan fingerprint density at radius 1 is 1.07 bits per heavy atom. The molecule has 17 heteroatoms. The number of primary sulfonamides is 1. The molecule has 0 saturated carbocycles. The largest absolute Gasteiger partial charge is 0.460 e. The van der Waals surface area contributed by atoms with E-state index in [2.05, 4.69) is 4.40 Å². The molecule has 0 aromatic heterocycles. The van der Waals surface area contributed by atoms with Gasteiger partial charge in [0, 0.05) is 0 Å². The van der Waals surface area contributed by atoms with Gasteiger partial charge in [0.05, 0.1) is 10.7 Å². The normalized spacial score (nSPS) is 17.7. The highest BCUT2D eigenvalue weighted by Crippen LogP contribution is 2.48.